The van der Waals surface area contributed by atoms with Gasteiger partial charge in [-0.1, -0.05) is 30.3 Å². The van der Waals surface area contributed by atoms with Crippen molar-refractivity contribution in [3.05, 3.63) is 41.7 Å². The molecule has 4 heteroatoms. The van der Waals surface area contributed by atoms with Crippen molar-refractivity contribution in [3.63, 3.8) is 0 Å². The lowest BCUT2D eigenvalue weighted by Crippen LogP contribution is -2.27. The van der Waals surface area contributed by atoms with E-state index in [4.69, 9.17) is 9.72 Å². The Morgan fingerprint density at radius 3 is 2.76 bits per heavy atom. The lowest BCUT2D eigenvalue weighted by atomic mass is 10.1. The van der Waals surface area contributed by atoms with Gasteiger partial charge in [0.1, 0.15) is 5.82 Å². The molecule has 0 atom stereocenters. The molecule has 110 valence electrons. The molecule has 0 bridgehead atoms. The summed E-state index contributed by atoms with van der Waals surface area (Å²) in [4.78, 5) is 4.96. The van der Waals surface area contributed by atoms with Crippen LogP contribution >= 0.6 is 0 Å². The predicted molar refractivity (Wildman–Crippen MR) is 82.2 cm³/mol. The predicted octanol–water partition coefficient (Wildman–Crippen LogP) is 2.55. The summed E-state index contributed by atoms with van der Waals surface area (Å²) < 4.78 is 8.05. The molecule has 21 heavy (non-hydrogen) atoms. The van der Waals surface area contributed by atoms with E-state index in [0.717, 1.165) is 51.4 Å². The molecule has 4 nitrogen and oxygen atoms in total. The molecule has 2 aromatic rings. The molecular weight excluding hydrogens is 262 g/mol. The van der Waals surface area contributed by atoms with Crippen LogP contribution in [0, 0.1) is 0 Å². The summed E-state index contributed by atoms with van der Waals surface area (Å²) in [6.45, 7) is 3.68. The van der Waals surface area contributed by atoms with Gasteiger partial charge < -0.3 is 14.6 Å². The number of benzene rings is 1. The third kappa shape index (κ3) is 2.39. The van der Waals surface area contributed by atoms with Crippen molar-refractivity contribution in [3.8, 4) is 11.4 Å². The molecule has 2 aliphatic rings. The zero-order valence-electron chi connectivity index (χ0n) is 12.2. The summed E-state index contributed by atoms with van der Waals surface area (Å²) in [5, 5.41) is 3.44. The first kappa shape index (κ1) is 13.0. The molecule has 1 fully saturated rings. The van der Waals surface area contributed by atoms with E-state index in [1.54, 1.807) is 0 Å². The van der Waals surface area contributed by atoms with E-state index in [1.165, 1.54) is 17.0 Å². The van der Waals surface area contributed by atoms with Crippen molar-refractivity contribution in [2.24, 2.45) is 0 Å². The highest BCUT2D eigenvalue weighted by Crippen LogP contribution is 2.32. The molecule has 1 saturated heterocycles. The van der Waals surface area contributed by atoms with Gasteiger partial charge in [-0.05, 0) is 12.8 Å². The molecule has 1 N–H and O–H groups in total. The molecule has 0 aliphatic carbocycles. The van der Waals surface area contributed by atoms with Crippen molar-refractivity contribution in [2.75, 3.05) is 19.8 Å². The zero-order valence-corrected chi connectivity index (χ0v) is 12.2. The molecule has 0 radical (unpaired) electrons. The molecule has 4 rings (SSSR count). The van der Waals surface area contributed by atoms with Gasteiger partial charge in [-0.3, -0.25) is 0 Å². The molecule has 1 aromatic heterocycles. The van der Waals surface area contributed by atoms with Gasteiger partial charge in [-0.15, -0.1) is 0 Å². The van der Waals surface area contributed by atoms with Gasteiger partial charge in [0.2, 0.25) is 0 Å². The van der Waals surface area contributed by atoms with Crippen molar-refractivity contribution in [1.82, 2.24) is 14.9 Å². The lowest BCUT2D eigenvalue weighted by Gasteiger charge is -2.28. The van der Waals surface area contributed by atoms with E-state index in [0.29, 0.717) is 6.04 Å². The monoisotopic (exact) mass is 283 g/mol. The molecule has 0 unspecified atom stereocenters. The Kier molecular flexibility index (Phi) is 3.49. The Hall–Kier alpha value is -1.65. The van der Waals surface area contributed by atoms with Crippen molar-refractivity contribution < 1.29 is 4.74 Å². The largest absolute Gasteiger partial charge is 0.381 e. The van der Waals surface area contributed by atoms with Gasteiger partial charge in [-0.25, -0.2) is 4.98 Å². The second kappa shape index (κ2) is 5.62. The van der Waals surface area contributed by atoms with Gasteiger partial charge in [0, 0.05) is 50.0 Å². The summed E-state index contributed by atoms with van der Waals surface area (Å²) in [5.41, 5.74) is 3.88. The van der Waals surface area contributed by atoms with Crippen LogP contribution in [0.4, 0.5) is 0 Å². The lowest BCUT2D eigenvalue weighted by molar-refractivity contribution is 0.0692. The fourth-order valence-corrected chi connectivity index (χ4v) is 3.46. The fourth-order valence-electron chi connectivity index (χ4n) is 3.46. The number of nitrogens with one attached hydrogen (secondary N) is 1. The number of imidazole rings is 1. The van der Waals surface area contributed by atoms with Crippen molar-refractivity contribution in [2.45, 2.75) is 31.8 Å². The van der Waals surface area contributed by atoms with Crippen LogP contribution in [0.15, 0.2) is 30.3 Å². The van der Waals surface area contributed by atoms with Gasteiger partial charge in [0.15, 0.2) is 0 Å². The standard InChI is InChI=1S/C17H21N3O/c1-2-4-13(5-3-1)17-19-15-12-18-9-6-16(15)20(17)14-7-10-21-11-8-14/h1-5,14,18H,6-12H2. The van der Waals surface area contributed by atoms with Gasteiger partial charge >= 0.3 is 0 Å². The summed E-state index contributed by atoms with van der Waals surface area (Å²) in [6, 6.07) is 11.1. The molecule has 0 spiro atoms. The van der Waals surface area contributed by atoms with Crippen LogP contribution in [0.2, 0.25) is 0 Å². The van der Waals surface area contributed by atoms with Crippen LogP contribution < -0.4 is 5.32 Å². The second-order valence-corrected chi connectivity index (χ2v) is 5.84. The summed E-state index contributed by atoms with van der Waals surface area (Å²) >= 11 is 0. The van der Waals surface area contributed by atoms with Crippen LogP contribution in [-0.2, 0) is 17.7 Å². The molecule has 0 saturated carbocycles. The smallest absolute Gasteiger partial charge is 0.140 e. The topological polar surface area (TPSA) is 39.1 Å². The number of rotatable bonds is 2. The first-order valence-corrected chi connectivity index (χ1v) is 7.87. The first-order valence-electron chi connectivity index (χ1n) is 7.87. The molecule has 1 aromatic carbocycles. The second-order valence-electron chi connectivity index (χ2n) is 5.84. The Labute approximate surface area is 125 Å². The normalized spacial score (nSPS) is 19.4. The van der Waals surface area contributed by atoms with Gasteiger partial charge in [0.25, 0.3) is 0 Å². The maximum absolute atomic E-state index is 5.54. The van der Waals surface area contributed by atoms with E-state index < -0.39 is 0 Å². The Morgan fingerprint density at radius 1 is 1.14 bits per heavy atom. The SMILES string of the molecule is c1ccc(-c2nc3c(n2C2CCOCC2)CCNC3)cc1. The average molecular weight is 283 g/mol. The molecule has 2 aliphatic heterocycles. The van der Waals surface area contributed by atoms with Crippen molar-refractivity contribution >= 4 is 0 Å². The van der Waals surface area contributed by atoms with Gasteiger partial charge in [-0.2, -0.15) is 0 Å². The fraction of sp³-hybridized carbons (Fsp3) is 0.471. The number of ether oxygens (including phenoxy) is 1. The highest BCUT2D eigenvalue weighted by atomic mass is 16.5. The Morgan fingerprint density at radius 2 is 1.95 bits per heavy atom. The van der Waals surface area contributed by atoms with Gasteiger partial charge in [0.05, 0.1) is 5.69 Å². The minimum Gasteiger partial charge on any atom is -0.381 e. The van der Waals surface area contributed by atoms with E-state index in [-0.39, 0.29) is 0 Å². The third-order valence-corrected chi connectivity index (χ3v) is 4.51. The van der Waals surface area contributed by atoms with E-state index >= 15 is 0 Å². The van der Waals surface area contributed by atoms with E-state index in [9.17, 15) is 0 Å². The maximum Gasteiger partial charge on any atom is 0.140 e. The molecule has 0 amide bonds. The summed E-state index contributed by atoms with van der Waals surface area (Å²) in [7, 11) is 0. The maximum atomic E-state index is 5.54. The number of aromatic nitrogens is 2. The van der Waals surface area contributed by atoms with Crippen molar-refractivity contribution in [1.29, 1.82) is 0 Å². The van der Waals surface area contributed by atoms with Crippen LogP contribution in [0.3, 0.4) is 0 Å². The first-order chi connectivity index (χ1) is 10.4. The molecular formula is C17H21N3O. The van der Waals surface area contributed by atoms with Crippen LogP contribution in [-0.4, -0.2) is 29.3 Å². The van der Waals surface area contributed by atoms with Crippen LogP contribution in [0.5, 0.6) is 0 Å². The van der Waals surface area contributed by atoms with Crippen LogP contribution in [0.25, 0.3) is 11.4 Å². The number of hydrogen-bond donors (Lipinski definition) is 1. The minimum atomic E-state index is 0.531. The Balaban J connectivity index is 1.83. The van der Waals surface area contributed by atoms with Crippen LogP contribution in [0.1, 0.15) is 30.3 Å². The highest BCUT2D eigenvalue weighted by molar-refractivity contribution is 5.57. The summed E-state index contributed by atoms with van der Waals surface area (Å²) in [6.07, 6.45) is 3.26. The quantitative estimate of drug-likeness (QED) is 0.920. The average Bonchev–Trinajstić information content (AvgIpc) is 2.96. The highest BCUT2D eigenvalue weighted by Gasteiger charge is 2.26. The number of hydrogen-bond acceptors (Lipinski definition) is 3. The third-order valence-electron chi connectivity index (χ3n) is 4.51. The molecule has 3 heterocycles. The Bertz CT molecular complexity index is 614. The zero-order chi connectivity index (χ0) is 14.1. The number of nitrogens with zero attached hydrogens (tertiary/aromatic N) is 2. The summed E-state index contributed by atoms with van der Waals surface area (Å²) in [5.74, 6) is 1.14. The van der Waals surface area contributed by atoms with E-state index in [2.05, 4.69) is 40.2 Å². The minimum absolute atomic E-state index is 0.531. The number of fused-ring (bicyclic) bond motifs is 1. The van der Waals surface area contributed by atoms with E-state index in [1.807, 2.05) is 0 Å².